The summed E-state index contributed by atoms with van der Waals surface area (Å²) in [7, 11) is 0. The van der Waals surface area contributed by atoms with Gasteiger partial charge in [-0.2, -0.15) is 0 Å². The lowest BCUT2D eigenvalue weighted by Gasteiger charge is -2.37. The van der Waals surface area contributed by atoms with Crippen LogP contribution >= 0.6 is 11.3 Å². The number of fused-ring (bicyclic) bond motifs is 1. The van der Waals surface area contributed by atoms with E-state index in [0.717, 1.165) is 60.9 Å². The van der Waals surface area contributed by atoms with Gasteiger partial charge in [-0.3, -0.25) is 14.5 Å². The highest BCUT2D eigenvalue weighted by molar-refractivity contribution is 7.18. The number of ether oxygens (including phenoxy) is 1. The Labute approximate surface area is 219 Å². The van der Waals surface area contributed by atoms with E-state index in [1.165, 1.54) is 24.8 Å². The van der Waals surface area contributed by atoms with E-state index in [-0.39, 0.29) is 17.9 Å². The van der Waals surface area contributed by atoms with Crippen molar-refractivity contribution in [2.75, 3.05) is 32.8 Å². The zero-order chi connectivity index (χ0) is 25.5. The second-order valence-electron chi connectivity index (χ2n) is 10.6. The van der Waals surface area contributed by atoms with Crippen LogP contribution in [0.2, 0.25) is 0 Å². The molecule has 36 heavy (non-hydrogen) atoms. The maximum absolute atomic E-state index is 13.7. The molecule has 0 unspecified atom stereocenters. The molecule has 2 N–H and O–H groups in total. The molecule has 198 valence electrons. The lowest BCUT2D eigenvalue weighted by molar-refractivity contribution is -0.129. The third kappa shape index (κ3) is 7.26. The minimum Gasteiger partial charge on any atom is -0.379 e. The maximum Gasteiger partial charge on any atom is 0.243 e. The monoisotopic (exact) mass is 514 g/mol. The molecule has 2 amide bonds. The Hall–Kier alpha value is -2.03. The first-order valence-corrected chi connectivity index (χ1v) is 14.5. The predicted molar refractivity (Wildman–Crippen MR) is 145 cm³/mol. The fourth-order valence-corrected chi connectivity index (χ4v) is 6.37. The summed E-state index contributed by atoms with van der Waals surface area (Å²) < 4.78 is 6.66. The topological polar surface area (TPSA) is 83.6 Å². The van der Waals surface area contributed by atoms with Crippen LogP contribution in [-0.4, -0.2) is 66.6 Å². The molecule has 2 atom stereocenters. The first-order valence-electron chi connectivity index (χ1n) is 13.7. The number of thiazole rings is 1. The standard InChI is InChI=1S/C28H42N4O3S/c1-4-26(33)29-23(17-27-30-22-11-10-21(19(2)3)16-25(22)36-27)28(34)31-24(20-8-6-5-7-9-20)18-32-12-14-35-15-13-32/h10-11,16,19-20,23-24H,4-9,12-15,17-18H2,1-3H3,(H,29,33)(H,31,34)/t23-,24+/m0/s1. The number of carbonyl (C=O) groups excluding carboxylic acids is 2. The number of nitrogens with one attached hydrogen (secondary N) is 2. The van der Waals surface area contributed by atoms with Crippen molar-refractivity contribution in [3.05, 3.63) is 28.8 Å². The summed E-state index contributed by atoms with van der Waals surface area (Å²) >= 11 is 1.62. The van der Waals surface area contributed by atoms with Crippen LogP contribution in [0.5, 0.6) is 0 Å². The SMILES string of the molecule is CCC(=O)N[C@@H](Cc1nc2ccc(C(C)C)cc2s1)C(=O)N[C@H](CN1CCOCC1)C1CCCCC1. The summed E-state index contributed by atoms with van der Waals surface area (Å²) in [5.41, 5.74) is 2.23. The van der Waals surface area contributed by atoms with E-state index in [4.69, 9.17) is 9.72 Å². The summed E-state index contributed by atoms with van der Waals surface area (Å²) in [6.07, 6.45) is 6.78. The number of hydrogen-bond donors (Lipinski definition) is 2. The molecule has 1 saturated carbocycles. The largest absolute Gasteiger partial charge is 0.379 e. The van der Waals surface area contributed by atoms with E-state index < -0.39 is 6.04 Å². The maximum atomic E-state index is 13.7. The molecule has 2 heterocycles. The number of benzene rings is 1. The first-order chi connectivity index (χ1) is 17.4. The molecule has 7 nitrogen and oxygen atoms in total. The Bertz CT molecular complexity index is 1010. The molecule has 1 aliphatic heterocycles. The highest BCUT2D eigenvalue weighted by Gasteiger charge is 2.31. The second-order valence-corrected chi connectivity index (χ2v) is 11.7. The molecule has 4 rings (SSSR count). The van der Waals surface area contributed by atoms with Gasteiger partial charge < -0.3 is 15.4 Å². The molecule has 0 radical (unpaired) electrons. The lowest BCUT2D eigenvalue weighted by Crippen LogP contribution is -2.56. The zero-order valence-electron chi connectivity index (χ0n) is 22.1. The third-order valence-corrected chi connectivity index (χ3v) is 8.62. The fourth-order valence-electron chi connectivity index (χ4n) is 5.31. The van der Waals surface area contributed by atoms with E-state index >= 15 is 0 Å². The Morgan fingerprint density at radius 2 is 1.89 bits per heavy atom. The van der Waals surface area contributed by atoms with Crippen molar-refractivity contribution in [3.8, 4) is 0 Å². The number of carbonyl (C=O) groups is 2. The van der Waals surface area contributed by atoms with Gasteiger partial charge in [-0.1, -0.05) is 46.1 Å². The highest BCUT2D eigenvalue weighted by Crippen LogP contribution is 2.29. The van der Waals surface area contributed by atoms with Crippen LogP contribution in [0, 0.1) is 5.92 Å². The third-order valence-electron chi connectivity index (χ3n) is 7.58. The van der Waals surface area contributed by atoms with E-state index in [1.54, 1.807) is 11.3 Å². The van der Waals surface area contributed by atoms with Gasteiger partial charge in [0.15, 0.2) is 0 Å². The normalized spacial score (nSPS) is 19.3. The van der Waals surface area contributed by atoms with Crippen LogP contribution in [0.25, 0.3) is 10.2 Å². The Morgan fingerprint density at radius 1 is 1.14 bits per heavy atom. The number of amides is 2. The van der Waals surface area contributed by atoms with Crippen LogP contribution in [-0.2, 0) is 20.7 Å². The van der Waals surface area contributed by atoms with Crippen LogP contribution in [0.4, 0.5) is 0 Å². The summed E-state index contributed by atoms with van der Waals surface area (Å²) in [6, 6.07) is 5.84. The molecule has 2 aliphatic rings. The number of morpholine rings is 1. The molecule has 1 saturated heterocycles. The summed E-state index contributed by atoms with van der Waals surface area (Å²) in [5.74, 6) is 0.721. The van der Waals surface area contributed by atoms with Crippen molar-refractivity contribution >= 4 is 33.4 Å². The molecule has 2 fully saturated rings. The van der Waals surface area contributed by atoms with Gasteiger partial charge in [0.05, 0.1) is 28.4 Å². The van der Waals surface area contributed by atoms with Gasteiger partial charge >= 0.3 is 0 Å². The minimum absolute atomic E-state index is 0.0842. The summed E-state index contributed by atoms with van der Waals surface area (Å²) in [6.45, 7) is 10.3. The average Bonchev–Trinajstić information content (AvgIpc) is 3.30. The smallest absolute Gasteiger partial charge is 0.243 e. The average molecular weight is 515 g/mol. The van der Waals surface area contributed by atoms with E-state index in [2.05, 4.69) is 47.6 Å². The van der Waals surface area contributed by atoms with Crippen LogP contribution in [0.15, 0.2) is 18.2 Å². The van der Waals surface area contributed by atoms with Crippen molar-refractivity contribution in [2.24, 2.45) is 5.92 Å². The van der Waals surface area contributed by atoms with Gasteiger partial charge in [0, 0.05) is 38.5 Å². The molecule has 2 aromatic rings. The van der Waals surface area contributed by atoms with Crippen LogP contribution in [0.3, 0.4) is 0 Å². The molecular weight excluding hydrogens is 472 g/mol. The number of aromatic nitrogens is 1. The van der Waals surface area contributed by atoms with Crippen molar-refractivity contribution < 1.29 is 14.3 Å². The molecule has 1 aromatic carbocycles. The second kappa shape index (κ2) is 13.0. The van der Waals surface area contributed by atoms with E-state index in [9.17, 15) is 9.59 Å². The molecule has 1 aliphatic carbocycles. The quantitative estimate of drug-likeness (QED) is 0.495. The molecule has 8 heteroatoms. The van der Waals surface area contributed by atoms with Crippen molar-refractivity contribution in [2.45, 2.75) is 83.7 Å². The summed E-state index contributed by atoms with van der Waals surface area (Å²) in [4.78, 5) is 33.2. The highest BCUT2D eigenvalue weighted by atomic mass is 32.1. The Balaban J connectivity index is 1.50. The minimum atomic E-state index is -0.627. The molecule has 1 aromatic heterocycles. The van der Waals surface area contributed by atoms with Gasteiger partial charge in [0.2, 0.25) is 11.8 Å². The molecule has 0 spiro atoms. The van der Waals surface area contributed by atoms with Crippen molar-refractivity contribution in [3.63, 3.8) is 0 Å². The fraction of sp³-hybridized carbons (Fsp3) is 0.679. The molecular formula is C28H42N4O3S. The number of nitrogens with zero attached hydrogens (tertiary/aromatic N) is 2. The van der Waals surface area contributed by atoms with E-state index in [1.807, 2.05) is 6.92 Å². The van der Waals surface area contributed by atoms with Crippen molar-refractivity contribution in [1.82, 2.24) is 20.5 Å². The first kappa shape index (κ1) is 27.0. The summed E-state index contributed by atoms with van der Waals surface area (Å²) in [5, 5.41) is 7.24. The Morgan fingerprint density at radius 3 is 2.58 bits per heavy atom. The van der Waals surface area contributed by atoms with Gasteiger partial charge in [-0.15, -0.1) is 11.3 Å². The number of rotatable bonds is 10. The Kier molecular flexibility index (Phi) is 9.73. The van der Waals surface area contributed by atoms with Gasteiger partial charge in [-0.05, 0) is 42.4 Å². The van der Waals surface area contributed by atoms with Crippen LogP contribution < -0.4 is 10.6 Å². The van der Waals surface area contributed by atoms with Crippen molar-refractivity contribution in [1.29, 1.82) is 0 Å². The molecule has 0 bridgehead atoms. The lowest BCUT2D eigenvalue weighted by atomic mass is 9.83. The number of hydrogen-bond acceptors (Lipinski definition) is 6. The van der Waals surface area contributed by atoms with Gasteiger partial charge in [-0.25, -0.2) is 4.98 Å². The van der Waals surface area contributed by atoms with Gasteiger partial charge in [0.25, 0.3) is 0 Å². The van der Waals surface area contributed by atoms with E-state index in [0.29, 0.717) is 24.7 Å². The zero-order valence-corrected chi connectivity index (χ0v) is 22.9. The van der Waals surface area contributed by atoms with Gasteiger partial charge in [0.1, 0.15) is 6.04 Å². The van der Waals surface area contributed by atoms with Crippen LogP contribution in [0.1, 0.15) is 75.8 Å². The predicted octanol–water partition coefficient (Wildman–Crippen LogP) is 4.25.